The van der Waals surface area contributed by atoms with Crippen molar-refractivity contribution in [2.45, 2.75) is 46.6 Å². The molecule has 0 saturated heterocycles. The first-order valence-corrected chi connectivity index (χ1v) is 6.36. The van der Waals surface area contributed by atoms with Gasteiger partial charge in [0.05, 0.1) is 0 Å². The Hall–Kier alpha value is -0.860. The Kier molecular flexibility index (Phi) is 4.72. The van der Waals surface area contributed by atoms with E-state index in [0.717, 1.165) is 19.5 Å². The molecule has 2 nitrogen and oxygen atoms in total. The number of aryl methyl sites for hydroxylation is 3. The van der Waals surface area contributed by atoms with Gasteiger partial charge in [0.2, 0.25) is 0 Å². The zero-order chi connectivity index (χ0) is 13.1. The van der Waals surface area contributed by atoms with Gasteiger partial charge in [-0.3, -0.25) is 0 Å². The first kappa shape index (κ1) is 14.2. The maximum absolute atomic E-state index is 5.93. The highest BCUT2D eigenvalue weighted by Gasteiger charge is 2.09. The van der Waals surface area contributed by atoms with Crippen molar-refractivity contribution in [2.24, 2.45) is 5.73 Å². The highest BCUT2D eigenvalue weighted by Crippen LogP contribution is 2.16. The molecular formula is C15H26N2. The van der Waals surface area contributed by atoms with Gasteiger partial charge >= 0.3 is 0 Å². The molecule has 2 heteroatoms. The Morgan fingerprint density at radius 3 is 2.12 bits per heavy atom. The fraction of sp³-hybridized carbons (Fsp3) is 0.600. The minimum Gasteiger partial charge on any atom is -0.324 e. The molecule has 0 spiro atoms. The van der Waals surface area contributed by atoms with Crippen LogP contribution in [0.2, 0.25) is 0 Å². The average Bonchev–Trinajstić information content (AvgIpc) is 2.13. The number of nitrogens with one attached hydrogen (secondary N) is 1. The normalized spacial score (nSPS) is 11.9. The van der Waals surface area contributed by atoms with E-state index in [9.17, 15) is 0 Å². The topological polar surface area (TPSA) is 38.0 Å². The molecule has 96 valence electrons. The molecule has 0 aliphatic carbocycles. The van der Waals surface area contributed by atoms with Gasteiger partial charge in [-0.05, 0) is 64.3 Å². The summed E-state index contributed by atoms with van der Waals surface area (Å²) in [5.74, 6) is 0. The van der Waals surface area contributed by atoms with Gasteiger partial charge in [0.1, 0.15) is 0 Å². The van der Waals surface area contributed by atoms with Crippen LogP contribution in [-0.2, 0) is 6.42 Å². The predicted octanol–water partition coefficient (Wildman–Crippen LogP) is 2.48. The smallest absolute Gasteiger partial charge is 0.0223 e. The highest BCUT2D eigenvalue weighted by atomic mass is 14.9. The van der Waals surface area contributed by atoms with Crippen LogP contribution < -0.4 is 11.1 Å². The lowest BCUT2D eigenvalue weighted by Crippen LogP contribution is -2.43. The van der Waals surface area contributed by atoms with E-state index in [1.807, 2.05) is 13.8 Å². The Morgan fingerprint density at radius 2 is 1.65 bits per heavy atom. The highest BCUT2D eigenvalue weighted by molar-refractivity contribution is 5.37. The number of hydrogen-bond donors (Lipinski definition) is 2. The fourth-order valence-electron chi connectivity index (χ4n) is 2.23. The SMILES string of the molecule is Cc1cc(C)c(CCNCC(C)(C)N)c(C)c1. The molecule has 0 saturated carbocycles. The van der Waals surface area contributed by atoms with Gasteiger partial charge < -0.3 is 11.1 Å². The monoisotopic (exact) mass is 234 g/mol. The second-order valence-electron chi connectivity index (χ2n) is 5.79. The standard InChI is InChI=1S/C15H26N2/c1-11-8-12(2)14(13(3)9-11)6-7-17-10-15(4,5)16/h8-9,17H,6-7,10,16H2,1-5H3. The third-order valence-electron chi connectivity index (χ3n) is 2.97. The summed E-state index contributed by atoms with van der Waals surface area (Å²) in [4.78, 5) is 0. The number of rotatable bonds is 5. The minimum atomic E-state index is -0.128. The lowest BCUT2D eigenvalue weighted by atomic mass is 9.97. The van der Waals surface area contributed by atoms with E-state index >= 15 is 0 Å². The van der Waals surface area contributed by atoms with Crippen LogP contribution in [0.25, 0.3) is 0 Å². The Morgan fingerprint density at radius 1 is 1.12 bits per heavy atom. The van der Waals surface area contributed by atoms with Crippen molar-refractivity contribution in [3.8, 4) is 0 Å². The van der Waals surface area contributed by atoms with E-state index in [0.29, 0.717) is 0 Å². The summed E-state index contributed by atoms with van der Waals surface area (Å²) in [6.07, 6.45) is 1.08. The zero-order valence-corrected chi connectivity index (χ0v) is 11.9. The molecule has 0 amide bonds. The van der Waals surface area contributed by atoms with Crippen LogP contribution in [0.15, 0.2) is 12.1 Å². The van der Waals surface area contributed by atoms with Crippen LogP contribution in [0.3, 0.4) is 0 Å². The van der Waals surface area contributed by atoms with Crippen molar-refractivity contribution in [1.82, 2.24) is 5.32 Å². The molecule has 0 heterocycles. The summed E-state index contributed by atoms with van der Waals surface area (Å²) in [6.45, 7) is 12.5. The van der Waals surface area contributed by atoms with Crippen molar-refractivity contribution < 1.29 is 0 Å². The first-order chi connectivity index (χ1) is 7.79. The molecule has 0 unspecified atom stereocenters. The van der Waals surface area contributed by atoms with Gasteiger partial charge in [0, 0.05) is 12.1 Å². The van der Waals surface area contributed by atoms with Gasteiger partial charge in [-0.1, -0.05) is 17.7 Å². The third-order valence-corrected chi connectivity index (χ3v) is 2.97. The fourth-order valence-corrected chi connectivity index (χ4v) is 2.23. The van der Waals surface area contributed by atoms with Crippen molar-refractivity contribution in [2.75, 3.05) is 13.1 Å². The zero-order valence-electron chi connectivity index (χ0n) is 11.9. The summed E-state index contributed by atoms with van der Waals surface area (Å²) < 4.78 is 0. The summed E-state index contributed by atoms with van der Waals surface area (Å²) in [7, 11) is 0. The largest absolute Gasteiger partial charge is 0.324 e. The van der Waals surface area contributed by atoms with Crippen molar-refractivity contribution in [3.05, 3.63) is 34.4 Å². The molecular weight excluding hydrogens is 208 g/mol. The number of benzene rings is 1. The Bertz CT molecular complexity index is 352. The van der Waals surface area contributed by atoms with E-state index in [1.54, 1.807) is 0 Å². The van der Waals surface area contributed by atoms with E-state index in [2.05, 4.69) is 38.2 Å². The van der Waals surface area contributed by atoms with E-state index in [1.165, 1.54) is 22.3 Å². The lowest BCUT2D eigenvalue weighted by Gasteiger charge is -2.19. The molecule has 0 fully saturated rings. The molecule has 1 aromatic rings. The maximum atomic E-state index is 5.93. The summed E-state index contributed by atoms with van der Waals surface area (Å²) >= 11 is 0. The molecule has 0 bridgehead atoms. The van der Waals surface area contributed by atoms with Crippen LogP contribution in [0.1, 0.15) is 36.1 Å². The Balaban J connectivity index is 2.53. The number of hydrogen-bond acceptors (Lipinski definition) is 2. The molecule has 1 aromatic carbocycles. The first-order valence-electron chi connectivity index (χ1n) is 6.36. The van der Waals surface area contributed by atoms with E-state index < -0.39 is 0 Å². The molecule has 0 aliphatic heterocycles. The molecule has 0 atom stereocenters. The average molecular weight is 234 g/mol. The van der Waals surface area contributed by atoms with Crippen molar-refractivity contribution in [1.29, 1.82) is 0 Å². The van der Waals surface area contributed by atoms with Crippen LogP contribution >= 0.6 is 0 Å². The van der Waals surface area contributed by atoms with Crippen LogP contribution in [0.5, 0.6) is 0 Å². The maximum Gasteiger partial charge on any atom is 0.0223 e. The molecule has 3 N–H and O–H groups in total. The Labute approximate surface area is 106 Å². The van der Waals surface area contributed by atoms with Crippen molar-refractivity contribution >= 4 is 0 Å². The second-order valence-corrected chi connectivity index (χ2v) is 5.79. The van der Waals surface area contributed by atoms with E-state index in [4.69, 9.17) is 5.73 Å². The summed E-state index contributed by atoms with van der Waals surface area (Å²) in [5.41, 5.74) is 11.4. The van der Waals surface area contributed by atoms with Crippen LogP contribution in [0, 0.1) is 20.8 Å². The lowest BCUT2D eigenvalue weighted by molar-refractivity contribution is 0.469. The van der Waals surface area contributed by atoms with Gasteiger partial charge in [-0.25, -0.2) is 0 Å². The molecule has 17 heavy (non-hydrogen) atoms. The van der Waals surface area contributed by atoms with Crippen LogP contribution in [-0.4, -0.2) is 18.6 Å². The van der Waals surface area contributed by atoms with Crippen LogP contribution in [0.4, 0.5) is 0 Å². The van der Waals surface area contributed by atoms with Crippen molar-refractivity contribution in [3.63, 3.8) is 0 Å². The van der Waals surface area contributed by atoms with Gasteiger partial charge in [0.25, 0.3) is 0 Å². The molecule has 1 rings (SSSR count). The summed E-state index contributed by atoms with van der Waals surface area (Å²) in [6, 6.07) is 4.52. The third kappa shape index (κ3) is 4.88. The molecule has 0 radical (unpaired) electrons. The van der Waals surface area contributed by atoms with Gasteiger partial charge in [0.15, 0.2) is 0 Å². The summed E-state index contributed by atoms with van der Waals surface area (Å²) in [5, 5.41) is 3.42. The number of nitrogens with two attached hydrogens (primary N) is 1. The molecule has 0 aromatic heterocycles. The van der Waals surface area contributed by atoms with Gasteiger partial charge in [-0.15, -0.1) is 0 Å². The molecule has 0 aliphatic rings. The quantitative estimate of drug-likeness (QED) is 0.768. The van der Waals surface area contributed by atoms with E-state index in [-0.39, 0.29) is 5.54 Å². The predicted molar refractivity (Wildman–Crippen MR) is 75.5 cm³/mol. The minimum absolute atomic E-state index is 0.128. The van der Waals surface area contributed by atoms with Gasteiger partial charge in [-0.2, -0.15) is 0 Å². The second kappa shape index (κ2) is 5.65.